The van der Waals surface area contributed by atoms with Crippen molar-refractivity contribution in [3.8, 4) is 0 Å². The third-order valence-electron chi connectivity index (χ3n) is 4.30. The van der Waals surface area contributed by atoms with Crippen molar-refractivity contribution in [1.82, 2.24) is 4.90 Å². The quantitative estimate of drug-likeness (QED) is 0.618. The summed E-state index contributed by atoms with van der Waals surface area (Å²) in [6, 6.07) is 1.35. The van der Waals surface area contributed by atoms with E-state index < -0.39 is 0 Å². The average Bonchev–Trinajstić information content (AvgIpc) is 2.43. The molecule has 2 N–H and O–H groups in total. The van der Waals surface area contributed by atoms with E-state index in [4.69, 9.17) is 5.73 Å². The number of nitrogens with zero attached hydrogens (tertiary/aromatic N) is 1. The van der Waals surface area contributed by atoms with Crippen molar-refractivity contribution < 1.29 is 0 Å². The second kappa shape index (κ2) is 11.0. The fraction of sp³-hybridized carbons (Fsp3) is 1.00. The van der Waals surface area contributed by atoms with E-state index in [0.29, 0.717) is 6.04 Å². The van der Waals surface area contributed by atoms with Crippen molar-refractivity contribution in [2.24, 2.45) is 5.73 Å². The van der Waals surface area contributed by atoms with Gasteiger partial charge in [-0.3, -0.25) is 4.90 Å². The van der Waals surface area contributed by atoms with Crippen LogP contribution in [0.1, 0.15) is 65.2 Å². The van der Waals surface area contributed by atoms with Crippen molar-refractivity contribution in [3.63, 3.8) is 0 Å². The number of hydrogen-bond acceptors (Lipinski definition) is 3. The van der Waals surface area contributed by atoms with Gasteiger partial charge in [0.1, 0.15) is 0 Å². The molecule has 0 aromatic rings. The first kappa shape index (κ1) is 17.3. The molecule has 3 heteroatoms. The lowest BCUT2D eigenvalue weighted by atomic mass is 10.0. The minimum atomic E-state index is 0.631. The molecule has 0 bridgehead atoms. The Morgan fingerprint density at radius 1 is 1.16 bits per heavy atom. The Labute approximate surface area is 124 Å². The SMILES string of the molecule is CCCCCCCCCC(CN)N1CCSCC1C. The first-order valence-electron chi connectivity index (χ1n) is 8.33. The van der Waals surface area contributed by atoms with Crippen LogP contribution >= 0.6 is 11.8 Å². The summed E-state index contributed by atoms with van der Waals surface area (Å²) >= 11 is 2.09. The van der Waals surface area contributed by atoms with Crippen LogP contribution in [-0.2, 0) is 0 Å². The molecule has 1 aliphatic heterocycles. The highest BCUT2D eigenvalue weighted by molar-refractivity contribution is 7.99. The molecule has 0 amide bonds. The third-order valence-corrected chi connectivity index (χ3v) is 5.49. The molecule has 0 aromatic carbocycles. The van der Waals surface area contributed by atoms with Crippen LogP contribution in [0.3, 0.4) is 0 Å². The maximum Gasteiger partial charge on any atom is 0.0221 e. The highest BCUT2D eigenvalue weighted by atomic mass is 32.2. The second-order valence-corrected chi connectivity index (χ2v) is 7.11. The maximum atomic E-state index is 6.00. The van der Waals surface area contributed by atoms with Crippen LogP contribution in [0.4, 0.5) is 0 Å². The van der Waals surface area contributed by atoms with Crippen LogP contribution in [0.2, 0.25) is 0 Å². The maximum absolute atomic E-state index is 6.00. The summed E-state index contributed by atoms with van der Waals surface area (Å²) in [5.74, 6) is 2.57. The molecule has 1 rings (SSSR count). The van der Waals surface area contributed by atoms with E-state index in [0.717, 1.165) is 12.6 Å². The smallest absolute Gasteiger partial charge is 0.0221 e. The monoisotopic (exact) mass is 286 g/mol. The fourth-order valence-corrected chi connectivity index (χ4v) is 4.08. The Kier molecular flexibility index (Phi) is 10.0. The molecular weight excluding hydrogens is 252 g/mol. The van der Waals surface area contributed by atoms with E-state index in [1.807, 2.05) is 0 Å². The third kappa shape index (κ3) is 7.01. The summed E-state index contributed by atoms with van der Waals surface area (Å²) in [7, 11) is 0. The van der Waals surface area contributed by atoms with E-state index in [1.54, 1.807) is 0 Å². The first-order chi connectivity index (χ1) is 9.29. The molecule has 1 saturated heterocycles. The standard InChI is InChI=1S/C16H34N2S/c1-3-4-5-6-7-8-9-10-16(13-17)18-11-12-19-14-15(18)2/h15-16H,3-14,17H2,1-2H3. The fourth-order valence-electron chi connectivity index (χ4n) is 3.04. The van der Waals surface area contributed by atoms with Crippen LogP contribution in [-0.4, -0.2) is 41.6 Å². The molecule has 114 valence electrons. The molecule has 0 saturated carbocycles. The number of hydrogen-bond donors (Lipinski definition) is 1. The molecule has 2 nitrogen and oxygen atoms in total. The second-order valence-electron chi connectivity index (χ2n) is 5.96. The molecule has 1 fully saturated rings. The first-order valence-corrected chi connectivity index (χ1v) is 9.48. The molecule has 19 heavy (non-hydrogen) atoms. The van der Waals surface area contributed by atoms with Crippen LogP contribution in [0, 0.1) is 0 Å². The molecule has 1 aliphatic rings. The average molecular weight is 287 g/mol. The van der Waals surface area contributed by atoms with Crippen molar-refractivity contribution in [2.75, 3.05) is 24.6 Å². The number of unbranched alkanes of at least 4 members (excludes halogenated alkanes) is 6. The Hall–Kier alpha value is 0.270. The Balaban J connectivity index is 2.10. The zero-order valence-electron chi connectivity index (χ0n) is 13.1. The minimum absolute atomic E-state index is 0.631. The van der Waals surface area contributed by atoms with Gasteiger partial charge in [-0.1, -0.05) is 51.9 Å². The van der Waals surface area contributed by atoms with Gasteiger partial charge in [0.15, 0.2) is 0 Å². The highest BCUT2D eigenvalue weighted by Crippen LogP contribution is 2.21. The van der Waals surface area contributed by atoms with Gasteiger partial charge in [-0.2, -0.15) is 11.8 Å². The lowest BCUT2D eigenvalue weighted by Crippen LogP contribution is -2.49. The number of thioether (sulfide) groups is 1. The van der Waals surface area contributed by atoms with Gasteiger partial charge in [-0.15, -0.1) is 0 Å². The molecule has 0 aromatic heterocycles. The van der Waals surface area contributed by atoms with Gasteiger partial charge in [0, 0.05) is 36.7 Å². The van der Waals surface area contributed by atoms with Crippen molar-refractivity contribution >= 4 is 11.8 Å². The van der Waals surface area contributed by atoms with Gasteiger partial charge in [0.05, 0.1) is 0 Å². The normalized spacial score (nSPS) is 22.6. The van der Waals surface area contributed by atoms with E-state index in [2.05, 4.69) is 30.5 Å². The predicted octanol–water partition coefficient (Wildman–Crippen LogP) is 3.89. The van der Waals surface area contributed by atoms with Crippen LogP contribution in [0.5, 0.6) is 0 Å². The molecule has 1 heterocycles. The van der Waals surface area contributed by atoms with E-state index in [1.165, 1.54) is 69.4 Å². The molecule has 0 radical (unpaired) electrons. The molecule has 0 aliphatic carbocycles. The van der Waals surface area contributed by atoms with E-state index in [9.17, 15) is 0 Å². The topological polar surface area (TPSA) is 29.3 Å². The lowest BCUT2D eigenvalue weighted by molar-refractivity contribution is 0.154. The van der Waals surface area contributed by atoms with E-state index in [-0.39, 0.29) is 0 Å². The molecule has 2 atom stereocenters. The van der Waals surface area contributed by atoms with Gasteiger partial charge < -0.3 is 5.73 Å². The van der Waals surface area contributed by atoms with Crippen LogP contribution in [0.15, 0.2) is 0 Å². The molecule has 2 unspecified atom stereocenters. The summed E-state index contributed by atoms with van der Waals surface area (Å²) < 4.78 is 0. The largest absolute Gasteiger partial charge is 0.329 e. The Bertz CT molecular complexity index is 211. The summed E-state index contributed by atoms with van der Waals surface area (Å²) in [5.41, 5.74) is 6.00. The van der Waals surface area contributed by atoms with Gasteiger partial charge in [-0.25, -0.2) is 0 Å². The summed E-state index contributed by atoms with van der Waals surface area (Å²) in [6.45, 7) is 6.72. The van der Waals surface area contributed by atoms with E-state index >= 15 is 0 Å². The van der Waals surface area contributed by atoms with Crippen molar-refractivity contribution in [1.29, 1.82) is 0 Å². The van der Waals surface area contributed by atoms with Crippen molar-refractivity contribution in [2.45, 2.75) is 77.3 Å². The van der Waals surface area contributed by atoms with Gasteiger partial charge in [0.2, 0.25) is 0 Å². The van der Waals surface area contributed by atoms with Gasteiger partial charge >= 0.3 is 0 Å². The zero-order chi connectivity index (χ0) is 13.9. The number of nitrogens with two attached hydrogens (primary N) is 1. The summed E-state index contributed by atoms with van der Waals surface area (Å²) in [4.78, 5) is 2.66. The van der Waals surface area contributed by atoms with Gasteiger partial charge in [0.25, 0.3) is 0 Å². The predicted molar refractivity (Wildman–Crippen MR) is 88.9 cm³/mol. The van der Waals surface area contributed by atoms with Crippen molar-refractivity contribution in [3.05, 3.63) is 0 Å². The molecular formula is C16H34N2S. The molecule has 0 spiro atoms. The Morgan fingerprint density at radius 3 is 2.47 bits per heavy atom. The van der Waals surface area contributed by atoms with Crippen LogP contribution in [0.25, 0.3) is 0 Å². The zero-order valence-corrected chi connectivity index (χ0v) is 13.9. The lowest BCUT2D eigenvalue weighted by Gasteiger charge is -2.39. The van der Waals surface area contributed by atoms with Crippen LogP contribution < -0.4 is 5.73 Å². The number of rotatable bonds is 10. The van der Waals surface area contributed by atoms with Gasteiger partial charge in [-0.05, 0) is 13.3 Å². The summed E-state index contributed by atoms with van der Waals surface area (Å²) in [5, 5.41) is 0. The highest BCUT2D eigenvalue weighted by Gasteiger charge is 2.24. The summed E-state index contributed by atoms with van der Waals surface area (Å²) in [6.07, 6.45) is 11.1. The minimum Gasteiger partial charge on any atom is -0.329 e. The Morgan fingerprint density at radius 2 is 1.84 bits per heavy atom.